The molecule has 3 aromatic rings. The molecule has 156 valence electrons. The Morgan fingerprint density at radius 3 is 2.50 bits per heavy atom. The minimum absolute atomic E-state index is 0.141. The van der Waals surface area contributed by atoms with Gasteiger partial charge in [0.2, 0.25) is 5.91 Å². The summed E-state index contributed by atoms with van der Waals surface area (Å²) in [5.41, 5.74) is 3.64. The zero-order valence-corrected chi connectivity index (χ0v) is 19.1. The zero-order chi connectivity index (χ0) is 20.9. The van der Waals surface area contributed by atoms with E-state index in [9.17, 15) is 4.79 Å². The molecule has 1 amide bonds. The van der Waals surface area contributed by atoms with E-state index in [2.05, 4.69) is 70.7 Å². The first-order valence-corrected chi connectivity index (χ1v) is 12.2. The van der Waals surface area contributed by atoms with Crippen LogP contribution in [0.5, 0.6) is 0 Å². The molecule has 6 heteroatoms. The molecule has 0 unspecified atom stereocenters. The van der Waals surface area contributed by atoms with Crippen LogP contribution < -0.4 is 5.32 Å². The quantitative estimate of drug-likeness (QED) is 0.495. The number of carbonyl (C=O) groups excluding carboxylic acids is 1. The van der Waals surface area contributed by atoms with Gasteiger partial charge in [0.25, 0.3) is 0 Å². The third-order valence-corrected chi connectivity index (χ3v) is 7.61. The summed E-state index contributed by atoms with van der Waals surface area (Å²) in [6.07, 6.45) is 3.17. The lowest BCUT2D eigenvalue weighted by Crippen LogP contribution is -2.52. The molecule has 0 radical (unpaired) electrons. The third-order valence-electron chi connectivity index (χ3n) is 5.30. The summed E-state index contributed by atoms with van der Waals surface area (Å²) in [5.74, 6) is 1.45. The number of hydrogen-bond acceptors (Lipinski definition) is 5. The Morgan fingerprint density at radius 2 is 1.83 bits per heavy atom. The standard InChI is InChI=1S/C24H27N3OS2/c1-3-12-29-21-10-8-18(9-11-21)22-13-26-24(30-22)19-6-4-17(5-7-19)14-27-15-20(16-27)23(28)25-2/h4-11,13,20H,3,12,14-16H2,1-2H3,(H,25,28). The van der Waals surface area contributed by atoms with Gasteiger partial charge in [-0.25, -0.2) is 4.98 Å². The molecule has 4 rings (SSSR count). The SMILES string of the molecule is CCCSc1ccc(-c2cnc(-c3ccc(CN4CC(C(=O)NC)C4)cc3)s2)cc1. The molecule has 1 fully saturated rings. The van der Waals surface area contributed by atoms with Gasteiger partial charge in [-0.05, 0) is 35.4 Å². The lowest BCUT2D eigenvalue weighted by atomic mass is 9.98. The van der Waals surface area contributed by atoms with Gasteiger partial charge in [-0.15, -0.1) is 23.1 Å². The number of amides is 1. The second kappa shape index (κ2) is 9.77. The Morgan fingerprint density at radius 1 is 1.13 bits per heavy atom. The maximum Gasteiger partial charge on any atom is 0.225 e. The normalized spacial score (nSPS) is 14.5. The number of likely N-dealkylation sites (tertiary alicyclic amines) is 1. The van der Waals surface area contributed by atoms with E-state index in [0.717, 1.165) is 36.0 Å². The molecule has 0 bridgehead atoms. The number of nitrogens with one attached hydrogen (secondary N) is 1. The number of rotatable bonds is 8. The van der Waals surface area contributed by atoms with Crippen LogP contribution >= 0.6 is 23.1 Å². The molecule has 1 aliphatic heterocycles. The number of nitrogens with zero attached hydrogens (tertiary/aromatic N) is 2. The summed E-state index contributed by atoms with van der Waals surface area (Å²) in [7, 11) is 1.70. The first-order chi connectivity index (χ1) is 14.7. The topological polar surface area (TPSA) is 45.2 Å². The van der Waals surface area contributed by atoms with Crippen molar-refractivity contribution >= 4 is 29.0 Å². The van der Waals surface area contributed by atoms with E-state index in [1.807, 2.05) is 18.0 Å². The van der Waals surface area contributed by atoms with Gasteiger partial charge >= 0.3 is 0 Å². The Kier molecular flexibility index (Phi) is 6.87. The second-order valence-corrected chi connectivity index (χ2v) is 9.80. The van der Waals surface area contributed by atoms with E-state index in [1.165, 1.54) is 27.3 Å². The molecular formula is C24H27N3OS2. The number of thioether (sulfide) groups is 1. The first-order valence-electron chi connectivity index (χ1n) is 10.4. The summed E-state index contributed by atoms with van der Waals surface area (Å²) in [4.78, 5) is 21.1. The molecular weight excluding hydrogens is 410 g/mol. The van der Waals surface area contributed by atoms with Crippen molar-refractivity contribution < 1.29 is 4.79 Å². The average Bonchev–Trinajstić information content (AvgIpc) is 3.25. The summed E-state index contributed by atoms with van der Waals surface area (Å²) in [6, 6.07) is 17.4. The lowest BCUT2D eigenvalue weighted by Gasteiger charge is -2.38. The number of carbonyl (C=O) groups is 1. The molecule has 0 aliphatic carbocycles. The molecule has 0 spiro atoms. The minimum Gasteiger partial charge on any atom is -0.359 e. The monoisotopic (exact) mass is 437 g/mol. The van der Waals surface area contributed by atoms with Crippen LogP contribution in [-0.4, -0.2) is 41.7 Å². The highest BCUT2D eigenvalue weighted by atomic mass is 32.2. The molecule has 0 saturated carbocycles. The lowest BCUT2D eigenvalue weighted by molar-refractivity contribution is -0.129. The molecule has 2 heterocycles. The van der Waals surface area contributed by atoms with Crippen molar-refractivity contribution in [2.75, 3.05) is 25.9 Å². The molecule has 4 nitrogen and oxygen atoms in total. The maximum absolute atomic E-state index is 11.6. The fourth-order valence-corrected chi connectivity index (χ4v) is 5.25. The van der Waals surface area contributed by atoms with Crippen LogP contribution in [0.25, 0.3) is 21.0 Å². The van der Waals surface area contributed by atoms with Crippen molar-refractivity contribution in [3.8, 4) is 21.0 Å². The van der Waals surface area contributed by atoms with E-state index in [0.29, 0.717) is 0 Å². The van der Waals surface area contributed by atoms with E-state index in [4.69, 9.17) is 0 Å². The minimum atomic E-state index is 0.141. The van der Waals surface area contributed by atoms with Crippen LogP contribution in [0.2, 0.25) is 0 Å². The van der Waals surface area contributed by atoms with E-state index in [-0.39, 0.29) is 11.8 Å². The van der Waals surface area contributed by atoms with Gasteiger partial charge < -0.3 is 5.32 Å². The fraction of sp³-hybridized carbons (Fsp3) is 0.333. The Labute approximate surface area is 186 Å². The maximum atomic E-state index is 11.6. The van der Waals surface area contributed by atoms with Crippen molar-refractivity contribution in [2.45, 2.75) is 24.8 Å². The van der Waals surface area contributed by atoms with Crippen LogP contribution in [0.4, 0.5) is 0 Å². The van der Waals surface area contributed by atoms with E-state index >= 15 is 0 Å². The highest BCUT2D eigenvalue weighted by molar-refractivity contribution is 7.99. The highest BCUT2D eigenvalue weighted by Gasteiger charge is 2.31. The zero-order valence-electron chi connectivity index (χ0n) is 17.4. The van der Waals surface area contributed by atoms with Crippen molar-refractivity contribution in [2.24, 2.45) is 5.92 Å². The van der Waals surface area contributed by atoms with E-state index < -0.39 is 0 Å². The van der Waals surface area contributed by atoms with E-state index in [1.54, 1.807) is 18.4 Å². The van der Waals surface area contributed by atoms with Gasteiger partial charge in [0.15, 0.2) is 0 Å². The van der Waals surface area contributed by atoms with Crippen LogP contribution in [0, 0.1) is 5.92 Å². The predicted octanol–water partition coefficient (Wildman–Crippen LogP) is 5.16. The second-order valence-electron chi connectivity index (χ2n) is 7.60. The molecule has 2 aromatic carbocycles. The average molecular weight is 438 g/mol. The third kappa shape index (κ3) is 4.94. The van der Waals surface area contributed by atoms with Crippen molar-refractivity contribution in [3.05, 3.63) is 60.3 Å². The summed E-state index contributed by atoms with van der Waals surface area (Å²) >= 11 is 3.64. The molecule has 0 atom stereocenters. The fourth-order valence-electron chi connectivity index (χ4n) is 3.56. The number of thiazole rings is 1. The highest BCUT2D eigenvalue weighted by Crippen LogP contribution is 2.33. The van der Waals surface area contributed by atoms with Gasteiger partial charge in [-0.3, -0.25) is 9.69 Å². The van der Waals surface area contributed by atoms with Crippen molar-refractivity contribution in [1.82, 2.24) is 15.2 Å². The van der Waals surface area contributed by atoms with Crippen LogP contribution in [0.15, 0.2) is 59.6 Å². The Bertz CT molecular complexity index is 976. The number of hydrogen-bond donors (Lipinski definition) is 1. The van der Waals surface area contributed by atoms with Gasteiger partial charge in [0.05, 0.1) is 10.8 Å². The molecule has 1 aliphatic rings. The molecule has 30 heavy (non-hydrogen) atoms. The van der Waals surface area contributed by atoms with Gasteiger partial charge in [-0.1, -0.05) is 43.3 Å². The Balaban J connectivity index is 1.36. The van der Waals surface area contributed by atoms with Crippen LogP contribution in [-0.2, 0) is 11.3 Å². The van der Waals surface area contributed by atoms with Crippen LogP contribution in [0.3, 0.4) is 0 Å². The summed E-state index contributed by atoms with van der Waals surface area (Å²) < 4.78 is 0. The molecule has 1 aromatic heterocycles. The first kappa shape index (κ1) is 21.1. The predicted molar refractivity (Wildman–Crippen MR) is 127 cm³/mol. The van der Waals surface area contributed by atoms with Gasteiger partial charge in [0, 0.05) is 43.3 Å². The smallest absolute Gasteiger partial charge is 0.225 e. The number of aromatic nitrogens is 1. The van der Waals surface area contributed by atoms with Gasteiger partial charge in [-0.2, -0.15) is 0 Å². The summed E-state index contributed by atoms with van der Waals surface area (Å²) in [6.45, 7) is 4.78. The van der Waals surface area contributed by atoms with Crippen LogP contribution in [0.1, 0.15) is 18.9 Å². The Hall–Kier alpha value is -2.15. The largest absolute Gasteiger partial charge is 0.359 e. The molecule has 1 N–H and O–H groups in total. The van der Waals surface area contributed by atoms with Crippen molar-refractivity contribution in [1.29, 1.82) is 0 Å². The van der Waals surface area contributed by atoms with Gasteiger partial charge in [0.1, 0.15) is 5.01 Å². The number of benzene rings is 2. The summed E-state index contributed by atoms with van der Waals surface area (Å²) in [5, 5.41) is 3.77. The van der Waals surface area contributed by atoms with Crippen molar-refractivity contribution in [3.63, 3.8) is 0 Å². The molecule has 1 saturated heterocycles.